The Morgan fingerprint density at radius 2 is 1.79 bits per heavy atom. The molecular formula is C15H22N2OS. The lowest BCUT2D eigenvalue weighted by atomic mass is 10.1. The fourth-order valence-electron chi connectivity index (χ4n) is 1.74. The molecule has 1 aromatic carbocycles. The van der Waals surface area contributed by atoms with Gasteiger partial charge in [0.15, 0.2) is 5.11 Å². The molecule has 0 unspecified atom stereocenters. The molecule has 0 heterocycles. The van der Waals surface area contributed by atoms with Crippen LogP contribution in [0.4, 0.5) is 0 Å². The average molecular weight is 278 g/mol. The van der Waals surface area contributed by atoms with Gasteiger partial charge in [-0.25, -0.2) is 0 Å². The SMILES string of the molecule is CCCCCCCNC(=S)NC(=O)c1ccccc1. The van der Waals surface area contributed by atoms with E-state index in [1.165, 1.54) is 25.7 Å². The molecule has 0 bridgehead atoms. The number of thiocarbonyl (C=S) groups is 1. The van der Waals surface area contributed by atoms with Crippen LogP contribution in [0.15, 0.2) is 30.3 Å². The maximum Gasteiger partial charge on any atom is 0.257 e. The van der Waals surface area contributed by atoms with Crippen LogP contribution >= 0.6 is 12.2 Å². The fourth-order valence-corrected chi connectivity index (χ4v) is 1.93. The Kier molecular flexibility index (Phi) is 7.82. The van der Waals surface area contributed by atoms with Crippen LogP contribution in [-0.4, -0.2) is 17.6 Å². The summed E-state index contributed by atoms with van der Waals surface area (Å²) in [6.07, 6.45) is 6.09. The minimum atomic E-state index is -0.163. The molecule has 19 heavy (non-hydrogen) atoms. The molecule has 0 fully saturated rings. The van der Waals surface area contributed by atoms with Crippen molar-refractivity contribution in [2.24, 2.45) is 0 Å². The molecule has 0 saturated carbocycles. The summed E-state index contributed by atoms with van der Waals surface area (Å²) in [5.41, 5.74) is 0.620. The molecule has 0 aromatic heterocycles. The molecular weight excluding hydrogens is 256 g/mol. The Labute approximate surface area is 120 Å². The van der Waals surface area contributed by atoms with Gasteiger partial charge in [0.25, 0.3) is 5.91 Å². The summed E-state index contributed by atoms with van der Waals surface area (Å²) in [7, 11) is 0. The first-order valence-electron chi connectivity index (χ1n) is 6.88. The van der Waals surface area contributed by atoms with Crippen molar-refractivity contribution in [3.63, 3.8) is 0 Å². The van der Waals surface area contributed by atoms with E-state index in [0.29, 0.717) is 10.7 Å². The van der Waals surface area contributed by atoms with E-state index in [0.717, 1.165) is 13.0 Å². The van der Waals surface area contributed by atoms with Crippen molar-refractivity contribution < 1.29 is 4.79 Å². The van der Waals surface area contributed by atoms with Crippen molar-refractivity contribution in [1.29, 1.82) is 0 Å². The number of carbonyl (C=O) groups is 1. The highest BCUT2D eigenvalue weighted by molar-refractivity contribution is 7.80. The number of carbonyl (C=O) groups excluding carboxylic acids is 1. The van der Waals surface area contributed by atoms with Gasteiger partial charge in [0, 0.05) is 12.1 Å². The highest BCUT2D eigenvalue weighted by Gasteiger charge is 2.05. The van der Waals surface area contributed by atoms with Gasteiger partial charge in [-0.2, -0.15) is 0 Å². The van der Waals surface area contributed by atoms with Crippen LogP contribution in [0.3, 0.4) is 0 Å². The molecule has 0 radical (unpaired) electrons. The summed E-state index contributed by atoms with van der Waals surface area (Å²) in [6, 6.07) is 9.08. The molecule has 2 N–H and O–H groups in total. The molecule has 104 valence electrons. The fraction of sp³-hybridized carbons (Fsp3) is 0.467. The van der Waals surface area contributed by atoms with E-state index >= 15 is 0 Å². The lowest BCUT2D eigenvalue weighted by Gasteiger charge is -2.09. The smallest absolute Gasteiger partial charge is 0.257 e. The van der Waals surface area contributed by atoms with E-state index in [-0.39, 0.29) is 5.91 Å². The molecule has 0 atom stereocenters. The minimum absolute atomic E-state index is 0.163. The first-order valence-corrected chi connectivity index (χ1v) is 7.29. The molecule has 1 rings (SSSR count). The summed E-state index contributed by atoms with van der Waals surface area (Å²) >= 11 is 5.09. The number of rotatable bonds is 7. The monoisotopic (exact) mass is 278 g/mol. The summed E-state index contributed by atoms with van der Waals surface area (Å²) in [5.74, 6) is -0.163. The third-order valence-corrected chi connectivity index (χ3v) is 3.08. The first-order chi connectivity index (χ1) is 9.24. The number of unbranched alkanes of at least 4 members (excludes halogenated alkanes) is 4. The molecule has 0 aliphatic rings. The number of amides is 1. The van der Waals surface area contributed by atoms with Crippen molar-refractivity contribution in [1.82, 2.24) is 10.6 Å². The van der Waals surface area contributed by atoms with Crippen LogP contribution in [0.1, 0.15) is 49.4 Å². The Hall–Kier alpha value is -1.42. The Bertz CT molecular complexity index is 392. The average Bonchev–Trinajstić information content (AvgIpc) is 2.43. The third-order valence-electron chi connectivity index (χ3n) is 2.83. The zero-order chi connectivity index (χ0) is 13.9. The van der Waals surface area contributed by atoms with Crippen molar-refractivity contribution in [2.75, 3.05) is 6.54 Å². The van der Waals surface area contributed by atoms with E-state index in [9.17, 15) is 4.79 Å². The molecule has 0 spiro atoms. The first kappa shape index (κ1) is 15.6. The number of hydrogen-bond donors (Lipinski definition) is 2. The summed E-state index contributed by atoms with van der Waals surface area (Å²) in [6.45, 7) is 3.02. The zero-order valence-corrected chi connectivity index (χ0v) is 12.3. The largest absolute Gasteiger partial charge is 0.362 e. The zero-order valence-electron chi connectivity index (χ0n) is 11.4. The number of benzene rings is 1. The van der Waals surface area contributed by atoms with Crippen LogP contribution < -0.4 is 10.6 Å². The van der Waals surface area contributed by atoms with Gasteiger partial charge in [0.05, 0.1) is 0 Å². The molecule has 1 amide bonds. The van der Waals surface area contributed by atoms with Gasteiger partial charge in [-0.1, -0.05) is 50.8 Å². The van der Waals surface area contributed by atoms with E-state index in [1.807, 2.05) is 18.2 Å². The van der Waals surface area contributed by atoms with Gasteiger partial charge in [0.2, 0.25) is 0 Å². The van der Waals surface area contributed by atoms with Gasteiger partial charge in [0.1, 0.15) is 0 Å². The second-order valence-corrected chi connectivity index (χ2v) is 4.90. The van der Waals surface area contributed by atoms with E-state index < -0.39 is 0 Å². The molecule has 0 saturated heterocycles. The highest BCUT2D eigenvalue weighted by Crippen LogP contribution is 2.01. The van der Waals surface area contributed by atoms with E-state index in [1.54, 1.807) is 12.1 Å². The van der Waals surface area contributed by atoms with E-state index in [2.05, 4.69) is 17.6 Å². The molecule has 1 aromatic rings. The predicted molar refractivity (Wildman–Crippen MR) is 83.3 cm³/mol. The highest BCUT2D eigenvalue weighted by atomic mass is 32.1. The van der Waals surface area contributed by atoms with Crippen LogP contribution in [0.25, 0.3) is 0 Å². The maximum atomic E-state index is 11.8. The molecule has 3 nitrogen and oxygen atoms in total. The molecule has 0 aliphatic carbocycles. The third kappa shape index (κ3) is 6.91. The normalized spacial score (nSPS) is 9.95. The number of nitrogens with one attached hydrogen (secondary N) is 2. The quantitative estimate of drug-likeness (QED) is 0.594. The van der Waals surface area contributed by atoms with Crippen LogP contribution in [0.2, 0.25) is 0 Å². The van der Waals surface area contributed by atoms with Gasteiger partial charge in [-0.05, 0) is 30.8 Å². The van der Waals surface area contributed by atoms with Gasteiger partial charge in [-0.3, -0.25) is 10.1 Å². The lowest BCUT2D eigenvalue weighted by molar-refractivity contribution is 0.0976. The topological polar surface area (TPSA) is 41.1 Å². The van der Waals surface area contributed by atoms with Crippen LogP contribution in [-0.2, 0) is 0 Å². The summed E-state index contributed by atoms with van der Waals surface area (Å²) in [4.78, 5) is 11.8. The standard InChI is InChI=1S/C15H22N2OS/c1-2-3-4-5-9-12-16-15(19)17-14(18)13-10-7-6-8-11-13/h6-8,10-11H,2-5,9,12H2,1H3,(H2,16,17,18,19). The Balaban J connectivity index is 2.16. The van der Waals surface area contributed by atoms with Gasteiger partial charge in [-0.15, -0.1) is 0 Å². The Morgan fingerprint density at radius 1 is 1.11 bits per heavy atom. The second-order valence-electron chi connectivity index (χ2n) is 4.49. The van der Waals surface area contributed by atoms with Crippen LogP contribution in [0.5, 0.6) is 0 Å². The second kappa shape index (κ2) is 9.50. The summed E-state index contributed by atoms with van der Waals surface area (Å²) < 4.78 is 0. The maximum absolute atomic E-state index is 11.8. The van der Waals surface area contributed by atoms with E-state index in [4.69, 9.17) is 12.2 Å². The van der Waals surface area contributed by atoms with Crippen LogP contribution in [0, 0.1) is 0 Å². The van der Waals surface area contributed by atoms with Gasteiger partial charge >= 0.3 is 0 Å². The summed E-state index contributed by atoms with van der Waals surface area (Å²) in [5, 5.41) is 6.15. The van der Waals surface area contributed by atoms with Crippen molar-refractivity contribution in [3.8, 4) is 0 Å². The molecule has 4 heteroatoms. The lowest BCUT2D eigenvalue weighted by Crippen LogP contribution is -2.39. The van der Waals surface area contributed by atoms with Crippen molar-refractivity contribution in [2.45, 2.75) is 39.0 Å². The number of hydrogen-bond acceptors (Lipinski definition) is 2. The van der Waals surface area contributed by atoms with Gasteiger partial charge < -0.3 is 5.32 Å². The van der Waals surface area contributed by atoms with Crippen molar-refractivity contribution in [3.05, 3.63) is 35.9 Å². The molecule has 0 aliphatic heterocycles. The van der Waals surface area contributed by atoms with Crippen molar-refractivity contribution >= 4 is 23.2 Å². The predicted octanol–water partition coefficient (Wildman–Crippen LogP) is 3.26. The minimum Gasteiger partial charge on any atom is -0.362 e. The Morgan fingerprint density at radius 3 is 2.47 bits per heavy atom.